The third-order valence-electron chi connectivity index (χ3n) is 12.1. The van der Waals surface area contributed by atoms with Crippen LogP contribution in [0.2, 0.25) is 10.0 Å². The summed E-state index contributed by atoms with van der Waals surface area (Å²) < 4.78 is 111. The maximum atomic E-state index is 14.7. The van der Waals surface area contributed by atoms with Crippen LogP contribution in [-0.4, -0.2) is 112 Å². The van der Waals surface area contributed by atoms with Gasteiger partial charge in [-0.1, -0.05) is 35.3 Å². The first kappa shape index (κ1) is 56.1. The standard InChI is InChI=1S/C50H44Cl2F2N10O12S2/c1-55-45(65)41(73-2)22-62-24-58-38-11-7-28(15-34(38)49(62)67)30-17-40(48(76-5)57-21-30)64(78(71,72)44-13-9-32(54)19-36(44)52)26-60-46(66)42(74-3)23-63-25-59-37-10-6-27(14-33(37)50(63)68)29-16-39(47(75-4)56-20-29)61-77(69,70)43-12-8-31(53)18-35(43)51/h6-21,24-25,41-42,61H,22-23,26H2,1-5H3,(H,55,65)(H,60,66)/t41-,42-/m1/s1. The fourth-order valence-corrected chi connectivity index (χ4v) is 11.5. The minimum atomic E-state index is -4.86. The van der Waals surface area contributed by atoms with Gasteiger partial charge in [0, 0.05) is 44.8 Å². The number of pyridine rings is 2. The molecule has 4 aromatic carbocycles. The van der Waals surface area contributed by atoms with E-state index in [-0.39, 0.29) is 56.6 Å². The van der Waals surface area contributed by atoms with Crippen LogP contribution in [0.3, 0.4) is 0 Å². The van der Waals surface area contributed by atoms with E-state index in [4.69, 9.17) is 42.1 Å². The summed E-state index contributed by atoms with van der Waals surface area (Å²) in [5, 5.41) is 4.34. The van der Waals surface area contributed by atoms with Gasteiger partial charge in [0.15, 0.2) is 12.2 Å². The second-order valence-corrected chi connectivity index (χ2v) is 21.1. The summed E-state index contributed by atoms with van der Waals surface area (Å²) in [5.74, 6) is -3.34. The van der Waals surface area contributed by atoms with Gasteiger partial charge in [0.2, 0.25) is 11.8 Å². The molecule has 28 heteroatoms. The highest BCUT2D eigenvalue weighted by atomic mass is 35.5. The van der Waals surface area contributed by atoms with Crippen molar-refractivity contribution in [1.29, 1.82) is 0 Å². The number of aromatic nitrogens is 6. The van der Waals surface area contributed by atoms with Gasteiger partial charge in [-0.05, 0) is 83.9 Å². The number of nitrogens with one attached hydrogen (secondary N) is 3. The third kappa shape index (κ3) is 11.6. The first-order valence-corrected chi connectivity index (χ1v) is 26.5. The Bertz CT molecular complexity index is 4030. The number of hydrogen-bond acceptors (Lipinski definition) is 16. The van der Waals surface area contributed by atoms with Crippen LogP contribution in [0, 0.1) is 11.6 Å². The van der Waals surface area contributed by atoms with Crippen molar-refractivity contribution >= 4 is 88.2 Å². The van der Waals surface area contributed by atoms with Crippen molar-refractivity contribution in [3.05, 3.63) is 152 Å². The van der Waals surface area contributed by atoms with Gasteiger partial charge in [-0.15, -0.1) is 0 Å². The zero-order valence-corrected chi connectivity index (χ0v) is 44.7. The maximum Gasteiger partial charge on any atom is 0.267 e. The number of fused-ring (bicyclic) bond motifs is 2. The molecule has 0 aliphatic heterocycles. The number of likely N-dealkylation sites (N-methyl/N-ethyl adjacent to an activating group) is 1. The molecule has 0 aliphatic rings. The molecule has 0 fully saturated rings. The SMILES string of the molecule is CNC(=O)[C@@H](Cn1cnc2ccc(-c3cnc(OC)c(N(CNC(=O)[C@@H](Cn4cnc5ccc(-c6cnc(OC)c(NS(=O)(=O)c7ccc(F)cc7Cl)c6)cc5c4=O)OC)S(=O)(=O)c4ccc(F)cc4Cl)c3)cc2c1=O)OC. The predicted octanol–water partition coefficient (Wildman–Crippen LogP) is 5.38. The van der Waals surface area contributed by atoms with Gasteiger partial charge >= 0.3 is 0 Å². The lowest BCUT2D eigenvalue weighted by Crippen LogP contribution is -2.47. The van der Waals surface area contributed by atoms with E-state index in [9.17, 15) is 44.8 Å². The first-order valence-electron chi connectivity index (χ1n) is 22.8. The lowest BCUT2D eigenvalue weighted by Gasteiger charge is -2.27. The molecular formula is C50H44Cl2F2N10O12S2. The number of methoxy groups -OCH3 is 4. The molecule has 0 saturated heterocycles. The van der Waals surface area contributed by atoms with Crippen LogP contribution in [0.25, 0.3) is 44.1 Å². The Balaban J connectivity index is 1.09. The maximum absolute atomic E-state index is 14.7. The van der Waals surface area contributed by atoms with Crippen LogP contribution in [0.1, 0.15) is 0 Å². The van der Waals surface area contributed by atoms with Crippen LogP contribution < -0.4 is 40.3 Å². The van der Waals surface area contributed by atoms with Gasteiger partial charge in [-0.25, -0.2) is 49.9 Å². The number of sulfonamides is 2. The number of amides is 2. The Morgan fingerprint density at radius 3 is 1.64 bits per heavy atom. The molecule has 2 amide bonds. The lowest BCUT2D eigenvalue weighted by molar-refractivity contribution is -0.132. The molecule has 8 rings (SSSR count). The summed E-state index contributed by atoms with van der Waals surface area (Å²) in [4.78, 5) is 70.7. The Morgan fingerprint density at radius 1 is 0.641 bits per heavy atom. The topological polar surface area (TPSA) is 274 Å². The molecule has 0 saturated carbocycles. The van der Waals surface area contributed by atoms with Crippen molar-refractivity contribution in [3.8, 4) is 34.0 Å². The highest BCUT2D eigenvalue weighted by molar-refractivity contribution is 7.93. The molecule has 0 spiro atoms. The number of benzene rings is 4. The molecule has 78 heavy (non-hydrogen) atoms. The van der Waals surface area contributed by atoms with E-state index < -0.39 is 94.8 Å². The average Bonchev–Trinajstić information content (AvgIpc) is 3.51. The Hall–Kier alpha value is -8.14. The number of ether oxygens (including phenoxy) is 4. The van der Waals surface area contributed by atoms with Crippen LogP contribution in [0.4, 0.5) is 20.2 Å². The van der Waals surface area contributed by atoms with Crippen molar-refractivity contribution in [2.75, 3.05) is 51.2 Å². The lowest BCUT2D eigenvalue weighted by atomic mass is 10.0. The largest absolute Gasteiger partial charge is 0.480 e. The van der Waals surface area contributed by atoms with E-state index in [1.807, 2.05) is 0 Å². The molecule has 2 atom stereocenters. The predicted molar refractivity (Wildman–Crippen MR) is 284 cm³/mol. The van der Waals surface area contributed by atoms with Crippen LogP contribution in [0.5, 0.6) is 11.8 Å². The Kier molecular flexibility index (Phi) is 16.7. The molecule has 4 aromatic heterocycles. The zero-order valence-electron chi connectivity index (χ0n) is 41.5. The zero-order chi connectivity index (χ0) is 56.2. The minimum absolute atomic E-state index is 0.0586. The summed E-state index contributed by atoms with van der Waals surface area (Å²) in [5.41, 5.74) is 0.325. The summed E-state index contributed by atoms with van der Waals surface area (Å²) >= 11 is 12.4. The van der Waals surface area contributed by atoms with E-state index in [1.54, 1.807) is 18.2 Å². The minimum Gasteiger partial charge on any atom is -0.480 e. The van der Waals surface area contributed by atoms with Crippen molar-refractivity contribution in [1.82, 2.24) is 39.7 Å². The van der Waals surface area contributed by atoms with Gasteiger partial charge < -0.3 is 29.6 Å². The number of carbonyl (C=O) groups excluding carboxylic acids is 2. The Morgan fingerprint density at radius 2 is 1.14 bits per heavy atom. The number of carbonyl (C=O) groups is 2. The molecule has 0 radical (unpaired) electrons. The molecular weight excluding hydrogens is 1110 g/mol. The van der Waals surface area contributed by atoms with E-state index in [2.05, 4.69) is 35.3 Å². The highest BCUT2D eigenvalue weighted by Gasteiger charge is 2.33. The molecule has 22 nitrogen and oxygen atoms in total. The van der Waals surface area contributed by atoms with Crippen LogP contribution in [-0.2, 0) is 52.2 Å². The average molecular weight is 1150 g/mol. The summed E-state index contributed by atoms with van der Waals surface area (Å²) in [7, 11) is -2.83. The van der Waals surface area contributed by atoms with Crippen LogP contribution >= 0.6 is 23.2 Å². The quantitative estimate of drug-likeness (QED) is 0.0808. The van der Waals surface area contributed by atoms with Crippen LogP contribution in [0.15, 0.2) is 129 Å². The third-order valence-corrected chi connectivity index (χ3v) is 16.2. The number of anilines is 2. The van der Waals surface area contributed by atoms with E-state index in [0.717, 1.165) is 41.0 Å². The van der Waals surface area contributed by atoms with E-state index in [0.29, 0.717) is 26.5 Å². The van der Waals surface area contributed by atoms with Gasteiger partial charge in [0.25, 0.3) is 43.0 Å². The van der Waals surface area contributed by atoms with Gasteiger partial charge in [0.05, 0.1) is 71.8 Å². The second-order valence-electron chi connectivity index (χ2n) is 16.8. The van der Waals surface area contributed by atoms with Crippen molar-refractivity contribution in [2.24, 2.45) is 0 Å². The molecule has 406 valence electrons. The summed E-state index contributed by atoms with van der Waals surface area (Å²) in [6.07, 6.45) is 2.69. The number of halogens is 4. The fraction of sp³-hybridized carbons (Fsp3) is 0.200. The van der Waals surface area contributed by atoms with E-state index >= 15 is 0 Å². The Labute approximate surface area is 452 Å². The monoisotopic (exact) mass is 1150 g/mol. The summed E-state index contributed by atoms with van der Waals surface area (Å²) in [6.45, 7) is -1.47. The molecule has 0 bridgehead atoms. The fourth-order valence-electron chi connectivity index (χ4n) is 8.02. The second kappa shape index (κ2) is 23.2. The van der Waals surface area contributed by atoms with Crippen molar-refractivity contribution < 1.29 is 54.2 Å². The molecule has 0 unspecified atom stereocenters. The van der Waals surface area contributed by atoms with Crippen molar-refractivity contribution in [2.45, 2.75) is 35.1 Å². The van der Waals surface area contributed by atoms with Crippen molar-refractivity contribution in [3.63, 3.8) is 0 Å². The van der Waals surface area contributed by atoms with Gasteiger partial charge in [-0.2, -0.15) is 0 Å². The number of rotatable bonds is 20. The van der Waals surface area contributed by atoms with Gasteiger partial charge in [0.1, 0.15) is 39.5 Å². The first-order chi connectivity index (χ1) is 37.2. The number of nitrogens with zero attached hydrogens (tertiary/aromatic N) is 7. The summed E-state index contributed by atoms with van der Waals surface area (Å²) in [6, 6.07) is 17.4. The van der Waals surface area contributed by atoms with Gasteiger partial charge in [-0.3, -0.25) is 33.0 Å². The smallest absolute Gasteiger partial charge is 0.267 e. The number of hydrogen-bond donors (Lipinski definition) is 3. The normalized spacial score (nSPS) is 12.5. The molecule has 8 aromatic rings. The molecule has 4 heterocycles. The van der Waals surface area contributed by atoms with E-state index in [1.165, 1.54) is 95.4 Å². The molecule has 0 aliphatic carbocycles. The highest BCUT2D eigenvalue weighted by Crippen LogP contribution is 2.37. The molecule has 3 N–H and O–H groups in total.